The van der Waals surface area contributed by atoms with Gasteiger partial charge in [-0.3, -0.25) is 4.79 Å². The van der Waals surface area contributed by atoms with Crippen molar-refractivity contribution >= 4 is 17.3 Å². The fraction of sp³-hybridized carbons (Fsp3) is 0.231. The number of fused-ring (bicyclic) bond motifs is 1. The largest absolute Gasteiger partial charge is 0.496 e. The van der Waals surface area contributed by atoms with Crippen LogP contribution in [0.3, 0.4) is 0 Å². The number of hydrogen-bond donors (Lipinski definition) is 0. The molecular weight excluding hydrogens is 220 g/mol. The molecule has 1 aromatic heterocycles. The molecule has 0 spiro atoms. The van der Waals surface area contributed by atoms with E-state index in [9.17, 15) is 9.59 Å². The molecule has 0 N–H and O–H groups in total. The van der Waals surface area contributed by atoms with Crippen molar-refractivity contribution in [1.29, 1.82) is 0 Å². The highest BCUT2D eigenvalue weighted by Crippen LogP contribution is 2.31. The standard InChI is InChI=1S/C13H12O4/c1-7-4-11(15)17-13-8(2)12(16-3)9(6-14)5-10(7)13/h4-6H,1-3H3. The van der Waals surface area contributed by atoms with Gasteiger partial charge in [0.25, 0.3) is 0 Å². The number of benzene rings is 1. The SMILES string of the molecule is COc1c(C=O)cc2c(C)cc(=O)oc2c1C. The molecule has 0 saturated heterocycles. The highest BCUT2D eigenvalue weighted by atomic mass is 16.5. The van der Waals surface area contributed by atoms with Gasteiger partial charge >= 0.3 is 5.63 Å². The van der Waals surface area contributed by atoms with Gasteiger partial charge in [-0.1, -0.05) is 0 Å². The molecule has 0 aliphatic rings. The van der Waals surface area contributed by atoms with Gasteiger partial charge in [-0.15, -0.1) is 0 Å². The monoisotopic (exact) mass is 232 g/mol. The van der Waals surface area contributed by atoms with Crippen molar-refractivity contribution in [2.75, 3.05) is 7.11 Å². The number of aldehydes is 1. The third kappa shape index (κ3) is 1.71. The van der Waals surface area contributed by atoms with Gasteiger partial charge in [-0.05, 0) is 25.5 Å². The van der Waals surface area contributed by atoms with E-state index in [1.54, 1.807) is 19.9 Å². The molecule has 0 aliphatic carbocycles. The van der Waals surface area contributed by atoms with Gasteiger partial charge in [0, 0.05) is 17.0 Å². The maximum atomic E-state index is 11.3. The van der Waals surface area contributed by atoms with Crippen LogP contribution in [-0.4, -0.2) is 13.4 Å². The first-order chi connectivity index (χ1) is 8.08. The first-order valence-electron chi connectivity index (χ1n) is 5.15. The lowest BCUT2D eigenvalue weighted by atomic mass is 10.0. The van der Waals surface area contributed by atoms with E-state index in [0.29, 0.717) is 22.5 Å². The molecule has 4 heteroatoms. The van der Waals surface area contributed by atoms with Crippen LogP contribution in [0.15, 0.2) is 21.3 Å². The summed E-state index contributed by atoms with van der Waals surface area (Å²) in [6.45, 7) is 3.57. The maximum Gasteiger partial charge on any atom is 0.336 e. The van der Waals surface area contributed by atoms with E-state index in [1.165, 1.54) is 13.2 Å². The van der Waals surface area contributed by atoms with E-state index < -0.39 is 5.63 Å². The van der Waals surface area contributed by atoms with Crippen LogP contribution < -0.4 is 10.4 Å². The molecule has 2 aromatic rings. The summed E-state index contributed by atoms with van der Waals surface area (Å²) in [5, 5.41) is 0.755. The first kappa shape index (κ1) is 11.4. The zero-order chi connectivity index (χ0) is 12.6. The van der Waals surface area contributed by atoms with Crippen molar-refractivity contribution in [2.24, 2.45) is 0 Å². The van der Waals surface area contributed by atoms with Crippen molar-refractivity contribution in [3.63, 3.8) is 0 Å². The van der Waals surface area contributed by atoms with E-state index >= 15 is 0 Å². The minimum atomic E-state index is -0.404. The Morgan fingerprint density at radius 2 is 2.00 bits per heavy atom. The average molecular weight is 232 g/mol. The zero-order valence-corrected chi connectivity index (χ0v) is 9.87. The topological polar surface area (TPSA) is 56.5 Å². The van der Waals surface area contributed by atoms with E-state index in [-0.39, 0.29) is 0 Å². The van der Waals surface area contributed by atoms with Crippen LogP contribution in [-0.2, 0) is 0 Å². The second kappa shape index (κ2) is 4.05. The van der Waals surface area contributed by atoms with E-state index in [4.69, 9.17) is 9.15 Å². The molecule has 0 radical (unpaired) electrons. The van der Waals surface area contributed by atoms with Gasteiger partial charge in [0.1, 0.15) is 11.3 Å². The molecule has 0 atom stereocenters. The minimum absolute atomic E-state index is 0.404. The van der Waals surface area contributed by atoms with Crippen molar-refractivity contribution in [3.8, 4) is 5.75 Å². The molecule has 0 fully saturated rings. The molecular formula is C13H12O4. The van der Waals surface area contributed by atoms with Crippen LogP contribution in [0.1, 0.15) is 21.5 Å². The Balaban J connectivity index is 3.00. The number of carbonyl (C=O) groups excluding carboxylic acids is 1. The van der Waals surface area contributed by atoms with Gasteiger partial charge in [-0.2, -0.15) is 0 Å². The predicted octanol–water partition coefficient (Wildman–Crippen LogP) is 2.23. The van der Waals surface area contributed by atoms with Crippen LogP contribution in [0.4, 0.5) is 0 Å². The lowest BCUT2D eigenvalue weighted by Gasteiger charge is -2.10. The summed E-state index contributed by atoms with van der Waals surface area (Å²) in [6.07, 6.45) is 0.732. The second-order valence-corrected chi connectivity index (χ2v) is 3.87. The molecule has 0 aliphatic heterocycles. The third-order valence-electron chi connectivity index (χ3n) is 2.78. The normalized spacial score (nSPS) is 10.5. The Kier molecular flexibility index (Phi) is 2.71. The second-order valence-electron chi connectivity index (χ2n) is 3.87. The Hall–Kier alpha value is -2.10. The van der Waals surface area contributed by atoms with Crippen LogP contribution in [0.5, 0.6) is 5.75 Å². The summed E-state index contributed by atoms with van der Waals surface area (Å²) < 4.78 is 10.3. The fourth-order valence-corrected chi connectivity index (χ4v) is 1.98. The summed E-state index contributed by atoms with van der Waals surface area (Å²) in [5.74, 6) is 0.446. The number of carbonyl (C=O) groups is 1. The molecule has 0 amide bonds. The summed E-state index contributed by atoms with van der Waals surface area (Å²) >= 11 is 0. The van der Waals surface area contributed by atoms with Gasteiger partial charge < -0.3 is 9.15 Å². The third-order valence-corrected chi connectivity index (χ3v) is 2.78. The number of hydrogen-bond acceptors (Lipinski definition) is 4. The van der Waals surface area contributed by atoms with Gasteiger partial charge in [0.15, 0.2) is 6.29 Å². The number of methoxy groups -OCH3 is 1. The Bertz CT molecular complexity index is 652. The van der Waals surface area contributed by atoms with E-state index in [2.05, 4.69) is 0 Å². The lowest BCUT2D eigenvalue weighted by Crippen LogP contribution is -2.02. The summed E-state index contributed by atoms with van der Waals surface area (Å²) in [4.78, 5) is 22.3. The molecule has 88 valence electrons. The smallest absolute Gasteiger partial charge is 0.336 e. The predicted molar refractivity (Wildman–Crippen MR) is 63.9 cm³/mol. The lowest BCUT2D eigenvalue weighted by molar-refractivity contribution is 0.112. The van der Waals surface area contributed by atoms with E-state index in [1.807, 2.05) is 0 Å². The maximum absolute atomic E-state index is 11.3. The highest BCUT2D eigenvalue weighted by molar-refractivity contribution is 5.93. The van der Waals surface area contributed by atoms with Crippen molar-refractivity contribution in [3.05, 3.63) is 39.2 Å². The van der Waals surface area contributed by atoms with Crippen molar-refractivity contribution in [1.82, 2.24) is 0 Å². The van der Waals surface area contributed by atoms with Crippen LogP contribution in [0.2, 0.25) is 0 Å². The number of aryl methyl sites for hydroxylation is 2. The molecule has 17 heavy (non-hydrogen) atoms. The molecule has 1 aromatic carbocycles. The van der Waals surface area contributed by atoms with Crippen LogP contribution in [0.25, 0.3) is 11.0 Å². The number of rotatable bonds is 2. The van der Waals surface area contributed by atoms with E-state index in [0.717, 1.165) is 17.2 Å². The van der Waals surface area contributed by atoms with Crippen molar-refractivity contribution < 1.29 is 13.9 Å². The molecule has 0 saturated carbocycles. The zero-order valence-electron chi connectivity index (χ0n) is 9.87. The molecule has 0 bridgehead atoms. The molecule has 0 unspecified atom stereocenters. The average Bonchev–Trinajstić information content (AvgIpc) is 2.30. The Labute approximate surface area is 97.8 Å². The minimum Gasteiger partial charge on any atom is -0.496 e. The quantitative estimate of drug-likeness (QED) is 0.588. The van der Waals surface area contributed by atoms with Crippen LogP contribution >= 0.6 is 0 Å². The van der Waals surface area contributed by atoms with Crippen molar-refractivity contribution in [2.45, 2.75) is 13.8 Å². The number of ether oxygens (including phenoxy) is 1. The highest BCUT2D eigenvalue weighted by Gasteiger charge is 2.14. The first-order valence-corrected chi connectivity index (χ1v) is 5.15. The Morgan fingerprint density at radius 1 is 1.29 bits per heavy atom. The van der Waals surface area contributed by atoms with Gasteiger partial charge in [0.2, 0.25) is 0 Å². The molecule has 4 nitrogen and oxygen atoms in total. The Morgan fingerprint density at radius 3 is 2.59 bits per heavy atom. The van der Waals surface area contributed by atoms with Crippen LogP contribution in [0, 0.1) is 13.8 Å². The fourth-order valence-electron chi connectivity index (χ4n) is 1.98. The summed E-state index contributed by atoms with van der Waals surface area (Å²) in [7, 11) is 1.48. The molecule has 2 rings (SSSR count). The summed E-state index contributed by atoms with van der Waals surface area (Å²) in [5.41, 5.74) is 1.96. The van der Waals surface area contributed by atoms with Gasteiger partial charge in [0.05, 0.1) is 12.7 Å². The van der Waals surface area contributed by atoms with Gasteiger partial charge in [-0.25, -0.2) is 4.79 Å². The molecule has 1 heterocycles. The summed E-state index contributed by atoms with van der Waals surface area (Å²) in [6, 6.07) is 3.08.